The van der Waals surface area contributed by atoms with Crippen LogP contribution in [-0.2, 0) is 23.8 Å². The number of unbranched alkanes of at least 4 members (excludes halogenated alkanes) is 32. The van der Waals surface area contributed by atoms with Crippen molar-refractivity contribution in [2.45, 2.75) is 359 Å². The van der Waals surface area contributed by atoms with Gasteiger partial charge >= 0.3 is 5.97 Å². The highest BCUT2D eigenvalue weighted by Crippen LogP contribution is 2.26. The molecule has 6 N–H and O–H groups in total. The molecule has 1 amide bonds. The minimum absolute atomic E-state index is 0.114. The molecule has 8 unspecified atom stereocenters. The van der Waals surface area contributed by atoms with E-state index in [2.05, 4.69) is 123 Å². The number of aliphatic hydroxyl groups is 5. The number of esters is 1. The van der Waals surface area contributed by atoms with Gasteiger partial charge in [0.25, 0.3) is 0 Å². The number of carbonyl (C=O) groups is 2. The molecule has 8 atom stereocenters. The summed E-state index contributed by atoms with van der Waals surface area (Å²) in [6, 6.07) is -1.03. The molecule has 512 valence electrons. The lowest BCUT2D eigenvalue weighted by Gasteiger charge is -2.41. The summed E-state index contributed by atoms with van der Waals surface area (Å²) < 4.78 is 17.7. The van der Waals surface area contributed by atoms with E-state index in [0.29, 0.717) is 12.8 Å². The number of ether oxygens (including phenoxy) is 3. The van der Waals surface area contributed by atoms with Crippen LogP contribution in [-0.4, -0.2) is 99.6 Å². The molecule has 0 aromatic carbocycles. The van der Waals surface area contributed by atoms with E-state index in [-0.39, 0.29) is 19.4 Å². The van der Waals surface area contributed by atoms with Crippen LogP contribution >= 0.6 is 0 Å². The van der Waals surface area contributed by atoms with Crippen molar-refractivity contribution in [3.63, 3.8) is 0 Å². The fourth-order valence-corrected chi connectivity index (χ4v) is 10.9. The first-order valence-corrected chi connectivity index (χ1v) is 36.7. The van der Waals surface area contributed by atoms with E-state index in [4.69, 9.17) is 14.2 Å². The quantitative estimate of drug-likeness (QED) is 0.0195. The van der Waals surface area contributed by atoms with E-state index in [1.165, 1.54) is 148 Å². The number of allylic oxidation sites excluding steroid dienone is 17. The summed E-state index contributed by atoms with van der Waals surface area (Å²) in [6.07, 6.45) is 78.4. The van der Waals surface area contributed by atoms with Crippen LogP contribution in [0.15, 0.2) is 109 Å². The average Bonchev–Trinajstić information content (AvgIpc) is 1.43. The topological polar surface area (TPSA) is 175 Å². The van der Waals surface area contributed by atoms with E-state index in [0.717, 1.165) is 116 Å². The lowest BCUT2D eigenvalue weighted by molar-refractivity contribution is -0.305. The maximum atomic E-state index is 13.5. The maximum absolute atomic E-state index is 13.5. The molecule has 11 heteroatoms. The molecule has 0 aliphatic carbocycles. The Labute approximate surface area is 545 Å². The molecule has 1 saturated heterocycles. The van der Waals surface area contributed by atoms with Gasteiger partial charge in [-0.15, -0.1) is 0 Å². The van der Waals surface area contributed by atoms with Gasteiger partial charge in [-0.25, -0.2) is 0 Å². The molecule has 0 aromatic heterocycles. The van der Waals surface area contributed by atoms with Gasteiger partial charge in [-0.3, -0.25) is 9.59 Å². The summed E-state index contributed by atoms with van der Waals surface area (Å²) >= 11 is 0. The average molecular weight is 1250 g/mol. The van der Waals surface area contributed by atoms with Crippen molar-refractivity contribution in [1.29, 1.82) is 0 Å². The highest BCUT2D eigenvalue weighted by Gasteiger charge is 2.47. The monoisotopic (exact) mass is 1250 g/mol. The Morgan fingerprint density at radius 1 is 0.449 bits per heavy atom. The molecule has 0 radical (unpaired) electrons. The van der Waals surface area contributed by atoms with Crippen LogP contribution in [0.4, 0.5) is 0 Å². The zero-order valence-electron chi connectivity index (χ0n) is 57.0. The van der Waals surface area contributed by atoms with Crippen molar-refractivity contribution in [2.24, 2.45) is 0 Å². The van der Waals surface area contributed by atoms with Crippen LogP contribution in [0.5, 0.6) is 0 Å². The fraction of sp³-hybridized carbons (Fsp3) is 0.744. The summed E-state index contributed by atoms with van der Waals surface area (Å²) in [5, 5.41) is 57.3. The summed E-state index contributed by atoms with van der Waals surface area (Å²) in [6.45, 7) is 5.66. The Hall–Kier alpha value is -3.68. The molecule has 1 fully saturated rings. The number of hydrogen-bond donors (Lipinski definition) is 6. The zero-order valence-corrected chi connectivity index (χ0v) is 57.0. The normalized spacial score (nSPS) is 18.8. The number of nitrogens with one attached hydrogen (secondary N) is 1. The van der Waals surface area contributed by atoms with Crippen LogP contribution in [0.3, 0.4) is 0 Å². The molecule has 11 nitrogen and oxygen atoms in total. The molecular weight excluding hydrogens is 1110 g/mol. The Kier molecular flexibility index (Phi) is 60.3. The van der Waals surface area contributed by atoms with Crippen LogP contribution in [0, 0.1) is 0 Å². The third-order valence-electron chi connectivity index (χ3n) is 16.7. The second-order valence-corrected chi connectivity index (χ2v) is 24.9. The highest BCUT2D eigenvalue weighted by molar-refractivity contribution is 5.80. The summed E-state index contributed by atoms with van der Waals surface area (Å²) in [7, 11) is 0. The van der Waals surface area contributed by atoms with E-state index in [9.17, 15) is 35.1 Å². The number of aliphatic hydroxyl groups excluding tert-OH is 5. The Morgan fingerprint density at radius 3 is 1.24 bits per heavy atom. The number of hydrogen-bond acceptors (Lipinski definition) is 10. The zero-order chi connectivity index (χ0) is 64.6. The lowest BCUT2D eigenvalue weighted by Crippen LogP contribution is -2.61. The molecule has 1 heterocycles. The standard InChI is InChI=1S/C78H135NO10/c1-4-7-10-13-16-19-22-24-26-28-30-32-34-35-36-37-38-40-42-44-46-48-51-54-57-60-63-66-73(83)89-76-75(85)74(84)72(67-80)88-78(76)87-68-69(70(81)64-61-58-55-52-49-21-18-15-12-9-6-3)79-77(86)71(82)65-62-59-56-53-50-47-45-43-41-39-33-31-29-27-25-23-20-17-14-11-8-5-2/h7,10,16-17,19-20,24-27,30-33,35-36,61,64,69-72,74-76,78,80-82,84-85H,4-6,8-9,11-15,18,21-23,28-29,34,37-60,62-63,65-68H2,1-3H3,(H,79,86)/b10-7-,19-16-,20-17-,26-24-,27-25-,32-30-,33-31-,36-35-,64-61+. The molecule has 0 saturated carbocycles. The highest BCUT2D eigenvalue weighted by atomic mass is 16.7. The molecule has 1 aliphatic rings. The van der Waals surface area contributed by atoms with Crippen LogP contribution in [0.25, 0.3) is 0 Å². The second kappa shape index (κ2) is 64.4. The molecule has 1 rings (SSSR count). The summed E-state index contributed by atoms with van der Waals surface area (Å²) in [5.74, 6) is -1.20. The van der Waals surface area contributed by atoms with Crippen LogP contribution in [0.2, 0.25) is 0 Å². The first kappa shape index (κ1) is 83.3. The van der Waals surface area contributed by atoms with Gasteiger partial charge in [0.05, 0.1) is 25.4 Å². The maximum Gasteiger partial charge on any atom is 0.306 e. The van der Waals surface area contributed by atoms with Gasteiger partial charge in [0.2, 0.25) is 5.91 Å². The Bertz CT molecular complexity index is 1870. The fourth-order valence-electron chi connectivity index (χ4n) is 10.9. The van der Waals surface area contributed by atoms with Crippen LogP contribution < -0.4 is 5.32 Å². The molecule has 0 spiro atoms. The lowest BCUT2D eigenvalue weighted by atomic mass is 9.99. The third-order valence-corrected chi connectivity index (χ3v) is 16.7. The van der Waals surface area contributed by atoms with E-state index in [1.54, 1.807) is 6.08 Å². The van der Waals surface area contributed by atoms with Crippen molar-refractivity contribution in [3.05, 3.63) is 109 Å². The molecular formula is C78H135NO10. The third kappa shape index (κ3) is 51.5. The van der Waals surface area contributed by atoms with Gasteiger partial charge in [-0.05, 0) is 109 Å². The van der Waals surface area contributed by atoms with E-state index >= 15 is 0 Å². The minimum atomic E-state index is -1.62. The largest absolute Gasteiger partial charge is 0.454 e. The Morgan fingerprint density at radius 2 is 0.809 bits per heavy atom. The number of amides is 1. The SMILES string of the molecule is CC/C=C\C/C=C\C/C=C\C/C=C\C/C=C\CCCCCCCCCCCCCC(=O)OC1C(OCC(NC(=O)C(O)CCCCCCCCCCC/C=C\C/C=C\C/C=C\CCCCC)C(O)/C=C/CCCCCCCCCCC)OC(CO)C(O)C1O. The van der Waals surface area contributed by atoms with Gasteiger partial charge in [0.1, 0.15) is 24.4 Å². The summed E-state index contributed by atoms with van der Waals surface area (Å²) in [4.78, 5) is 26.7. The molecule has 1 aliphatic heterocycles. The predicted octanol–water partition coefficient (Wildman–Crippen LogP) is 19.2. The molecule has 89 heavy (non-hydrogen) atoms. The van der Waals surface area contributed by atoms with E-state index < -0.39 is 67.4 Å². The van der Waals surface area contributed by atoms with Crippen molar-refractivity contribution in [2.75, 3.05) is 13.2 Å². The van der Waals surface area contributed by atoms with E-state index in [1.807, 2.05) is 6.08 Å². The van der Waals surface area contributed by atoms with Gasteiger partial charge in [-0.2, -0.15) is 0 Å². The molecule has 0 aromatic rings. The van der Waals surface area contributed by atoms with Crippen LogP contribution in [0.1, 0.15) is 310 Å². The van der Waals surface area contributed by atoms with Gasteiger partial charge in [-0.1, -0.05) is 304 Å². The Balaban J connectivity index is 2.53. The van der Waals surface area contributed by atoms with Crippen molar-refractivity contribution in [3.8, 4) is 0 Å². The van der Waals surface area contributed by atoms with Crippen molar-refractivity contribution in [1.82, 2.24) is 5.32 Å². The van der Waals surface area contributed by atoms with Gasteiger partial charge in [0.15, 0.2) is 12.4 Å². The first-order valence-electron chi connectivity index (χ1n) is 36.7. The minimum Gasteiger partial charge on any atom is -0.454 e. The van der Waals surface area contributed by atoms with Crippen molar-refractivity contribution < 1.29 is 49.3 Å². The number of carbonyl (C=O) groups excluding carboxylic acids is 2. The van der Waals surface area contributed by atoms with Crippen molar-refractivity contribution >= 4 is 11.9 Å². The second-order valence-electron chi connectivity index (χ2n) is 24.9. The van der Waals surface area contributed by atoms with Gasteiger partial charge in [0, 0.05) is 6.42 Å². The first-order chi connectivity index (χ1) is 43.7. The molecule has 0 bridgehead atoms. The number of rotatable bonds is 62. The predicted molar refractivity (Wildman–Crippen MR) is 375 cm³/mol. The summed E-state index contributed by atoms with van der Waals surface area (Å²) in [5.41, 5.74) is 0. The van der Waals surface area contributed by atoms with Gasteiger partial charge < -0.3 is 45.1 Å². The smallest absolute Gasteiger partial charge is 0.306 e.